The molecule has 0 amide bonds. The van der Waals surface area contributed by atoms with Crippen LogP contribution in [-0.2, 0) is 0 Å². The Morgan fingerprint density at radius 3 is 2.42 bits per heavy atom. The van der Waals surface area contributed by atoms with E-state index in [-0.39, 0.29) is 15.9 Å². The number of fused-ring (bicyclic) bond motifs is 1. The van der Waals surface area contributed by atoms with E-state index in [0.29, 0.717) is 22.3 Å². The van der Waals surface area contributed by atoms with Crippen molar-refractivity contribution in [2.45, 2.75) is 0 Å². The number of nitrogens with one attached hydrogen (secondary N) is 1. The molecule has 3 aromatic rings. The number of rotatable bonds is 1. The number of hydrogen-bond acceptors (Lipinski definition) is 3. The van der Waals surface area contributed by atoms with E-state index in [9.17, 15) is 4.79 Å². The highest BCUT2D eigenvalue weighted by Gasteiger charge is 2.07. The molecule has 0 saturated heterocycles. The van der Waals surface area contributed by atoms with Crippen LogP contribution < -0.4 is 5.56 Å². The van der Waals surface area contributed by atoms with Gasteiger partial charge in [-0.25, -0.2) is 9.97 Å². The third-order valence-electron chi connectivity index (χ3n) is 2.65. The van der Waals surface area contributed by atoms with Crippen LogP contribution in [0.2, 0.25) is 10.3 Å². The minimum atomic E-state index is -0.204. The summed E-state index contributed by atoms with van der Waals surface area (Å²) in [4.78, 5) is 22.9. The summed E-state index contributed by atoms with van der Waals surface area (Å²) in [6.07, 6.45) is 0. The van der Waals surface area contributed by atoms with Gasteiger partial charge in [0.15, 0.2) is 0 Å². The number of hydrogen-bond donors (Lipinski definition) is 1. The average Bonchev–Trinajstić information content (AvgIpc) is 2.37. The SMILES string of the molecule is O=c1[nH]c(-c2cc(Cl)nc(Cl)c2)nc2ccccc12. The molecule has 0 atom stereocenters. The van der Waals surface area contributed by atoms with Crippen LogP contribution in [0.1, 0.15) is 0 Å². The molecule has 6 heteroatoms. The first-order valence-electron chi connectivity index (χ1n) is 5.46. The second kappa shape index (κ2) is 4.64. The molecule has 0 fully saturated rings. The highest BCUT2D eigenvalue weighted by molar-refractivity contribution is 6.32. The van der Waals surface area contributed by atoms with Crippen LogP contribution in [0.5, 0.6) is 0 Å². The fourth-order valence-electron chi connectivity index (χ4n) is 1.82. The Morgan fingerprint density at radius 2 is 1.68 bits per heavy atom. The second-order valence-electron chi connectivity index (χ2n) is 3.93. The van der Waals surface area contributed by atoms with Gasteiger partial charge in [-0.2, -0.15) is 0 Å². The van der Waals surface area contributed by atoms with Gasteiger partial charge in [-0.15, -0.1) is 0 Å². The van der Waals surface area contributed by atoms with Crippen molar-refractivity contribution in [3.05, 3.63) is 57.1 Å². The van der Waals surface area contributed by atoms with Gasteiger partial charge in [0.05, 0.1) is 10.9 Å². The largest absolute Gasteiger partial charge is 0.306 e. The number of pyridine rings is 1. The number of H-pyrrole nitrogens is 1. The van der Waals surface area contributed by atoms with E-state index in [1.54, 1.807) is 30.3 Å². The Labute approximate surface area is 118 Å². The Balaban J connectivity index is 2.28. The van der Waals surface area contributed by atoms with Gasteiger partial charge in [-0.1, -0.05) is 35.3 Å². The molecule has 3 rings (SSSR count). The Kier molecular flexibility index (Phi) is 2.97. The van der Waals surface area contributed by atoms with Gasteiger partial charge in [0.2, 0.25) is 0 Å². The zero-order valence-corrected chi connectivity index (χ0v) is 11.0. The van der Waals surface area contributed by atoms with Crippen LogP contribution in [0.4, 0.5) is 0 Å². The molecule has 4 nitrogen and oxygen atoms in total. The molecule has 0 bridgehead atoms. The number of halogens is 2. The van der Waals surface area contributed by atoms with Crippen LogP contribution >= 0.6 is 23.2 Å². The number of aromatic nitrogens is 3. The maximum atomic E-state index is 12.0. The first-order chi connectivity index (χ1) is 9.13. The van der Waals surface area contributed by atoms with Crippen molar-refractivity contribution in [1.29, 1.82) is 0 Å². The number of para-hydroxylation sites is 1. The summed E-state index contributed by atoms with van der Waals surface area (Å²) in [5, 5.41) is 1.04. The average molecular weight is 292 g/mol. The first-order valence-corrected chi connectivity index (χ1v) is 6.21. The fraction of sp³-hybridized carbons (Fsp3) is 0. The van der Waals surface area contributed by atoms with Gasteiger partial charge < -0.3 is 4.98 Å². The second-order valence-corrected chi connectivity index (χ2v) is 4.71. The highest BCUT2D eigenvalue weighted by Crippen LogP contribution is 2.22. The van der Waals surface area contributed by atoms with Crippen LogP contribution in [0.3, 0.4) is 0 Å². The minimum absolute atomic E-state index is 0.204. The van der Waals surface area contributed by atoms with E-state index in [0.717, 1.165) is 0 Å². The van der Waals surface area contributed by atoms with Crippen molar-refractivity contribution in [2.24, 2.45) is 0 Å². The Bertz CT molecular complexity index is 809. The lowest BCUT2D eigenvalue weighted by Crippen LogP contribution is -2.09. The quantitative estimate of drug-likeness (QED) is 0.700. The Hall–Kier alpha value is -1.91. The molecule has 0 spiro atoms. The monoisotopic (exact) mass is 291 g/mol. The van der Waals surface area contributed by atoms with E-state index in [1.165, 1.54) is 0 Å². The van der Waals surface area contributed by atoms with E-state index in [1.807, 2.05) is 6.07 Å². The Morgan fingerprint density at radius 1 is 1.00 bits per heavy atom. The summed E-state index contributed by atoms with van der Waals surface area (Å²) < 4.78 is 0. The minimum Gasteiger partial charge on any atom is -0.306 e. The first kappa shape index (κ1) is 12.1. The molecule has 2 aromatic heterocycles. The number of benzene rings is 1. The van der Waals surface area contributed by atoms with E-state index in [4.69, 9.17) is 23.2 Å². The molecule has 1 N–H and O–H groups in total. The molecule has 0 aliphatic heterocycles. The van der Waals surface area contributed by atoms with Crippen molar-refractivity contribution in [2.75, 3.05) is 0 Å². The van der Waals surface area contributed by atoms with Gasteiger partial charge in [0, 0.05) is 5.56 Å². The molecule has 0 saturated carbocycles. The number of nitrogens with zero attached hydrogens (tertiary/aromatic N) is 2. The van der Waals surface area contributed by atoms with Gasteiger partial charge in [-0.05, 0) is 24.3 Å². The summed E-state index contributed by atoms with van der Waals surface area (Å²) in [6.45, 7) is 0. The summed E-state index contributed by atoms with van der Waals surface area (Å²) in [6, 6.07) is 10.3. The molecule has 0 aliphatic carbocycles. The highest BCUT2D eigenvalue weighted by atomic mass is 35.5. The molecule has 1 aromatic carbocycles. The normalized spacial score (nSPS) is 10.8. The van der Waals surface area contributed by atoms with Crippen LogP contribution in [0.25, 0.3) is 22.3 Å². The molecule has 19 heavy (non-hydrogen) atoms. The van der Waals surface area contributed by atoms with Crippen molar-refractivity contribution in [3.63, 3.8) is 0 Å². The fourth-order valence-corrected chi connectivity index (χ4v) is 2.29. The van der Waals surface area contributed by atoms with Crippen molar-refractivity contribution < 1.29 is 0 Å². The summed E-state index contributed by atoms with van der Waals surface area (Å²) in [5.74, 6) is 0.412. The molecule has 0 aliphatic rings. The lowest BCUT2D eigenvalue weighted by Gasteiger charge is -2.04. The zero-order chi connectivity index (χ0) is 13.4. The van der Waals surface area contributed by atoms with Crippen LogP contribution in [0.15, 0.2) is 41.2 Å². The molecule has 94 valence electrons. The lowest BCUT2D eigenvalue weighted by atomic mass is 10.2. The predicted molar refractivity (Wildman–Crippen MR) is 75.6 cm³/mol. The molecule has 2 heterocycles. The maximum absolute atomic E-state index is 12.0. The maximum Gasteiger partial charge on any atom is 0.259 e. The van der Waals surface area contributed by atoms with Crippen molar-refractivity contribution in [3.8, 4) is 11.4 Å². The summed E-state index contributed by atoms with van der Waals surface area (Å²) >= 11 is 11.7. The topological polar surface area (TPSA) is 58.6 Å². The predicted octanol–water partition coefficient (Wildman–Crippen LogP) is 3.29. The third kappa shape index (κ3) is 2.32. The van der Waals surface area contributed by atoms with Crippen LogP contribution in [0, 0.1) is 0 Å². The lowest BCUT2D eigenvalue weighted by molar-refractivity contribution is 1.17. The van der Waals surface area contributed by atoms with Crippen LogP contribution in [-0.4, -0.2) is 15.0 Å². The summed E-state index contributed by atoms with van der Waals surface area (Å²) in [7, 11) is 0. The van der Waals surface area contributed by atoms with Crippen molar-refractivity contribution >= 4 is 34.1 Å². The number of aromatic amines is 1. The van der Waals surface area contributed by atoms with Gasteiger partial charge >= 0.3 is 0 Å². The van der Waals surface area contributed by atoms with E-state index >= 15 is 0 Å². The molecule has 0 unspecified atom stereocenters. The smallest absolute Gasteiger partial charge is 0.259 e. The third-order valence-corrected chi connectivity index (χ3v) is 3.04. The van der Waals surface area contributed by atoms with E-state index in [2.05, 4.69) is 15.0 Å². The van der Waals surface area contributed by atoms with Gasteiger partial charge in [-0.3, -0.25) is 4.79 Å². The van der Waals surface area contributed by atoms with Crippen molar-refractivity contribution in [1.82, 2.24) is 15.0 Å². The standard InChI is InChI=1S/C13H7Cl2N3O/c14-10-5-7(6-11(15)17-10)12-16-9-4-2-1-3-8(9)13(19)18-12/h1-6H,(H,16,18,19). The summed E-state index contributed by atoms with van der Waals surface area (Å²) in [5.41, 5.74) is 1.03. The van der Waals surface area contributed by atoms with Gasteiger partial charge in [0.1, 0.15) is 16.1 Å². The molecular formula is C13H7Cl2N3O. The molecular weight excluding hydrogens is 285 g/mol. The zero-order valence-electron chi connectivity index (χ0n) is 9.52. The molecule has 0 radical (unpaired) electrons. The van der Waals surface area contributed by atoms with E-state index < -0.39 is 0 Å². The van der Waals surface area contributed by atoms with Gasteiger partial charge in [0.25, 0.3) is 5.56 Å².